The Morgan fingerprint density at radius 1 is 1.13 bits per heavy atom. The quantitative estimate of drug-likeness (QED) is 0.218. The molecule has 0 saturated heterocycles. The van der Waals surface area contributed by atoms with E-state index in [0.717, 1.165) is 27.1 Å². The van der Waals surface area contributed by atoms with E-state index in [-0.39, 0.29) is 41.5 Å². The number of carbonyl (C=O) groups excluding carboxylic acids is 4. The Morgan fingerprint density at radius 2 is 1.77 bits per heavy atom. The number of ether oxygens (including phenoxy) is 2. The number of Topliss-reactive ketones (excluding diaryl/α,β-unsaturated/α-hetero) is 1. The van der Waals surface area contributed by atoms with Crippen LogP contribution in [-0.4, -0.2) is 81.9 Å². The molecule has 0 unspecified atom stereocenters. The molecule has 0 radical (unpaired) electrons. The normalized spacial score (nSPS) is 15.8. The van der Waals surface area contributed by atoms with Crippen molar-refractivity contribution >= 4 is 23.8 Å². The lowest BCUT2D eigenvalue weighted by atomic mass is 9.99. The molecule has 2 aromatic rings. The van der Waals surface area contributed by atoms with Gasteiger partial charge in [0.2, 0.25) is 0 Å². The molecule has 2 amide bonds. The summed E-state index contributed by atoms with van der Waals surface area (Å²) in [5.41, 5.74) is -1.00. The van der Waals surface area contributed by atoms with Crippen LogP contribution in [0.1, 0.15) is 88.7 Å². The summed E-state index contributed by atoms with van der Waals surface area (Å²) in [6, 6.07) is -1.66. The number of aliphatic hydroxyl groups excluding tert-OH is 1. The second kappa shape index (κ2) is 12.8. The number of hydrogen-bond donors (Lipinski definition) is 4. The first-order valence-electron chi connectivity index (χ1n) is 12.7. The third-order valence-corrected chi connectivity index (χ3v) is 6.64. The van der Waals surface area contributed by atoms with Gasteiger partial charge in [-0.05, 0) is 26.2 Å². The molecule has 3 rings (SSSR count). The van der Waals surface area contributed by atoms with Crippen LogP contribution in [0.4, 0.5) is 4.79 Å². The van der Waals surface area contributed by atoms with Gasteiger partial charge in [-0.3, -0.25) is 9.48 Å². The van der Waals surface area contributed by atoms with Crippen LogP contribution >= 0.6 is 0 Å². The van der Waals surface area contributed by atoms with Gasteiger partial charge < -0.3 is 34.7 Å². The number of rotatable bonds is 12. The summed E-state index contributed by atoms with van der Waals surface area (Å²) in [5, 5.41) is 34.0. The number of furan rings is 1. The summed E-state index contributed by atoms with van der Waals surface area (Å²) < 4.78 is 16.5. The molecule has 1 aliphatic rings. The van der Waals surface area contributed by atoms with Gasteiger partial charge >= 0.3 is 18.0 Å². The molecule has 2 atom stereocenters. The molecule has 14 heteroatoms. The van der Waals surface area contributed by atoms with Crippen LogP contribution in [0, 0.1) is 0 Å². The molecule has 2 aromatic heterocycles. The highest BCUT2D eigenvalue weighted by atomic mass is 16.5. The molecular formula is C25H35N5O9. The number of carbonyl (C=O) groups is 4. The van der Waals surface area contributed by atoms with Crippen molar-refractivity contribution in [2.45, 2.75) is 76.6 Å². The lowest BCUT2D eigenvalue weighted by molar-refractivity contribution is 0.0398. The largest absolute Gasteiger partial charge is 0.465 e. The van der Waals surface area contributed by atoms with E-state index in [1.165, 1.54) is 6.92 Å². The van der Waals surface area contributed by atoms with Crippen LogP contribution in [0.25, 0.3) is 0 Å². The molecule has 4 N–H and O–H groups in total. The standard InChI is InChI=1S/C25H35N5O9/c1-14(11-30-12-18(28-29-30)25(36)9-5-6-10-25)26-24(35)27-16(13-31)7-8-17-19(22(33)37-3)20(23(34)38-4)21(39-17)15(2)32/h12,14,16,31,36H,5-11,13H2,1-4H3,(H2,26,27,35)/t14-,16-/m0/s1. The lowest BCUT2D eigenvalue weighted by Gasteiger charge is -2.20. The minimum atomic E-state index is -0.953. The summed E-state index contributed by atoms with van der Waals surface area (Å²) in [7, 11) is 2.22. The third-order valence-electron chi connectivity index (χ3n) is 6.64. The lowest BCUT2D eigenvalue weighted by Crippen LogP contribution is -2.47. The summed E-state index contributed by atoms with van der Waals surface area (Å²) >= 11 is 0. The van der Waals surface area contributed by atoms with Crippen molar-refractivity contribution in [1.82, 2.24) is 25.6 Å². The molecule has 0 aliphatic heterocycles. The van der Waals surface area contributed by atoms with Crippen LogP contribution in [0.5, 0.6) is 0 Å². The van der Waals surface area contributed by atoms with E-state index in [2.05, 4.69) is 20.9 Å². The number of nitrogens with one attached hydrogen (secondary N) is 2. The molecule has 1 aliphatic carbocycles. The second-order valence-electron chi connectivity index (χ2n) is 9.65. The first-order valence-corrected chi connectivity index (χ1v) is 12.7. The molecule has 1 saturated carbocycles. The van der Waals surface area contributed by atoms with Gasteiger partial charge in [-0.15, -0.1) is 5.10 Å². The Bertz CT molecular complexity index is 1200. The number of amides is 2. The summed E-state index contributed by atoms with van der Waals surface area (Å²) in [4.78, 5) is 49.3. The van der Waals surface area contributed by atoms with Crippen molar-refractivity contribution in [1.29, 1.82) is 0 Å². The maximum absolute atomic E-state index is 12.6. The molecule has 2 heterocycles. The van der Waals surface area contributed by atoms with Gasteiger partial charge in [0.05, 0.1) is 39.6 Å². The van der Waals surface area contributed by atoms with E-state index in [9.17, 15) is 29.4 Å². The van der Waals surface area contributed by atoms with Crippen LogP contribution in [-0.2, 0) is 28.0 Å². The SMILES string of the molecule is COC(=O)c1c(CC[C@@H](CO)NC(=O)N[C@@H](C)Cn2cc(C3(O)CCCC3)nn2)oc(C(C)=O)c1C(=O)OC. The number of nitrogens with zero attached hydrogens (tertiary/aromatic N) is 3. The van der Waals surface area contributed by atoms with Gasteiger partial charge in [0, 0.05) is 19.4 Å². The molecule has 0 bridgehead atoms. The van der Waals surface area contributed by atoms with Crippen molar-refractivity contribution in [3.63, 3.8) is 0 Å². The number of hydrogen-bond acceptors (Lipinski definition) is 11. The molecule has 0 aromatic carbocycles. The van der Waals surface area contributed by atoms with E-state index in [1.807, 2.05) is 0 Å². The molecular weight excluding hydrogens is 514 g/mol. The number of methoxy groups -OCH3 is 2. The highest BCUT2D eigenvalue weighted by molar-refractivity contribution is 6.11. The smallest absolute Gasteiger partial charge is 0.342 e. The predicted octanol–water partition coefficient (Wildman–Crippen LogP) is 1.09. The number of aliphatic hydroxyl groups is 2. The van der Waals surface area contributed by atoms with Crippen LogP contribution in [0.3, 0.4) is 0 Å². The van der Waals surface area contributed by atoms with E-state index in [4.69, 9.17) is 13.9 Å². The Labute approximate surface area is 225 Å². The Kier molecular flexibility index (Phi) is 9.81. The number of ketones is 1. The first-order chi connectivity index (χ1) is 18.5. The van der Waals surface area contributed by atoms with E-state index < -0.39 is 42.0 Å². The van der Waals surface area contributed by atoms with Crippen molar-refractivity contribution < 1.29 is 43.3 Å². The van der Waals surface area contributed by atoms with Gasteiger partial charge in [0.1, 0.15) is 28.2 Å². The zero-order chi connectivity index (χ0) is 28.7. The minimum Gasteiger partial charge on any atom is -0.465 e. The average Bonchev–Trinajstić information content (AvgIpc) is 3.64. The number of esters is 2. The minimum absolute atomic E-state index is 0.00654. The highest BCUT2D eigenvalue weighted by Gasteiger charge is 2.36. The van der Waals surface area contributed by atoms with E-state index in [0.29, 0.717) is 25.1 Å². The fourth-order valence-electron chi connectivity index (χ4n) is 4.63. The van der Waals surface area contributed by atoms with Crippen molar-refractivity contribution in [2.75, 3.05) is 20.8 Å². The van der Waals surface area contributed by atoms with Gasteiger partial charge in [-0.25, -0.2) is 14.4 Å². The van der Waals surface area contributed by atoms with E-state index in [1.54, 1.807) is 17.8 Å². The number of aryl methyl sites for hydroxylation is 1. The third kappa shape index (κ3) is 7.00. The molecule has 0 spiro atoms. The maximum atomic E-state index is 12.6. The summed E-state index contributed by atoms with van der Waals surface area (Å²) in [5.74, 6) is -2.76. The predicted molar refractivity (Wildman–Crippen MR) is 134 cm³/mol. The zero-order valence-corrected chi connectivity index (χ0v) is 22.5. The zero-order valence-electron chi connectivity index (χ0n) is 22.5. The number of aromatic nitrogens is 3. The van der Waals surface area contributed by atoms with Crippen molar-refractivity contribution in [2.24, 2.45) is 0 Å². The average molecular weight is 550 g/mol. The molecule has 39 heavy (non-hydrogen) atoms. The molecule has 1 fully saturated rings. The fraction of sp³-hybridized carbons (Fsp3) is 0.600. The monoisotopic (exact) mass is 549 g/mol. The molecule has 214 valence electrons. The second-order valence-corrected chi connectivity index (χ2v) is 9.65. The Morgan fingerprint density at radius 3 is 2.36 bits per heavy atom. The summed E-state index contributed by atoms with van der Waals surface area (Å²) in [6.45, 7) is 2.82. The van der Waals surface area contributed by atoms with Crippen LogP contribution in [0.2, 0.25) is 0 Å². The van der Waals surface area contributed by atoms with Gasteiger partial charge in [-0.1, -0.05) is 18.1 Å². The van der Waals surface area contributed by atoms with Crippen molar-refractivity contribution in [3.8, 4) is 0 Å². The Hall–Kier alpha value is -3.78. The van der Waals surface area contributed by atoms with Crippen LogP contribution in [0.15, 0.2) is 10.6 Å². The highest BCUT2D eigenvalue weighted by Crippen LogP contribution is 2.37. The van der Waals surface area contributed by atoms with Crippen molar-refractivity contribution in [3.05, 3.63) is 34.5 Å². The van der Waals surface area contributed by atoms with E-state index >= 15 is 0 Å². The van der Waals surface area contributed by atoms with Crippen LogP contribution < -0.4 is 10.6 Å². The van der Waals surface area contributed by atoms with Gasteiger partial charge in [0.15, 0.2) is 11.5 Å². The molecule has 14 nitrogen and oxygen atoms in total. The van der Waals surface area contributed by atoms with Gasteiger partial charge in [0.25, 0.3) is 0 Å². The summed E-state index contributed by atoms with van der Waals surface area (Å²) in [6.07, 6.45) is 4.93. The fourth-order valence-corrected chi connectivity index (χ4v) is 4.63. The van der Waals surface area contributed by atoms with Gasteiger partial charge in [-0.2, -0.15) is 0 Å². The topological polar surface area (TPSA) is 195 Å². The number of urea groups is 1. The Balaban J connectivity index is 1.61. The first kappa shape index (κ1) is 29.8. The maximum Gasteiger partial charge on any atom is 0.342 e.